The Morgan fingerprint density at radius 2 is 2.28 bits per heavy atom. The third-order valence-electron chi connectivity index (χ3n) is 2.37. The van der Waals surface area contributed by atoms with Crippen LogP contribution in [-0.2, 0) is 4.79 Å². The topological polar surface area (TPSA) is 82.8 Å². The molecule has 0 aliphatic heterocycles. The molecule has 6 nitrogen and oxygen atoms in total. The zero-order valence-corrected chi connectivity index (χ0v) is 10.5. The molecule has 1 aromatic rings. The van der Waals surface area contributed by atoms with Crippen LogP contribution in [0.25, 0.3) is 0 Å². The number of furan rings is 1. The van der Waals surface area contributed by atoms with Crippen molar-refractivity contribution in [3.63, 3.8) is 0 Å². The van der Waals surface area contributed by atoms with E-state index in [1.807, 2.05) is 0 Å². The summed E-state index contributed by atoms with van der Waals surface area (Å²) in [5.74, 6) is -0.391. The number of rotatable bonds is 6. The molecule has 0 spiro atoms. The molecule has 1 aromatic heterocycles. The van der Waals surface area contributed by atoms with Gasteiger partial charge in [-0.1, -0.05) is 0 Å². The summed E-state index contributed by atoms with van der Waals surface area (Å²) in [5, 5.41) is 11.8. The minimum atomic E-state index is -0.556. The number of aliphatic hydroxyl groups is 1. The summed E-state index contributed by atoms with van der Waals surface area (Å²) in [4.78, 5) is 24.5. The van der Waals surface area contributed by atoms with Gasteiger partial charge in [-0.3, -0.25) is 9.59 Å². The molecule has 1 heterocycles. The Balaban J connectivity index is 2.25. The van der Waals surface area contributed by atoms with Gasteiger partial charge in [0.15, 0.2) is 0 Å². The maximum absolute atomic E-state index is 11.6. The van der Waals surface area contributed by atoms with Crippen LogP contribution in [0.3, 0.4) is 0 Å². The van der Waals surface area contributed by atoms with E-state index < -0.39 is 6.10 Å². The molecule has 0 aromatic carbocycles. The molecule has 18 heavy (non-hydrogen) atoms. The Hall–Kier alpha value is -1.82. The molecule has 6 heteroatoms. The standard InChI is InChI=1S/C12H18N2O4/c1-9(15)7-14(2)11(16)3-5-13-12(17)10-4-6-18-8-10/h4,6,8-9,15H,3,5,7H2,1-2H3,(H,13,17). The first kappa shape index (κ1) is 14.2. The van der Waals surface area contributed by atoms with Gasteiger partial charge in [0.2, 0.25) is 5.91 Å². The van der Waals surface area contributed by atoms with E-state index in [2.05, 4.69) is 5.32 Å². The normalized spacial score (nSPS) is 11.9. The van der Waals surface area contributed by atoms with Crippen molar-refractivity contribution in [1.82, 2.24) is 10.2 Å². The van der Waals surface area contributed by atoms with Gasteiger partial charge in [-0.15, -0.1) is 0 Å². The molecular weight excluding hydrogens is 236 g/mol. The lowest BCUT2D eigenvalue weighted by Crippen LogP contribution is -2.35. The highest BCUT2D eigenvalue weighted by molar-refractivity contribution is 5.93. The predicted octanol–water partition coefficient (Wildman–Crippen LogP) is 0.239. The van der Waals surface area contributed by atoms with E-state index in [0.29, 0.717) is 5.56 Å². The van der Waals surface area contributed by atoms with Crippen molar-refractivity contribution < 1.29 is 19.1 Å². The van der Waals surface area contributed by atoms with Crippen LogP contribution >= 0.6 is 0 Å². The van der Waals surface area contributed by atoms with Gasteiger partial charge in [-0.05, 0) is 13.0 Å². The van der Waals surface area contributed by atoms with Crippen molar-refractivity contribution in [3.05, 3.63) is 24.2 Å². The fraction of sp³-hybridized carbons (Fsp3) is 0.500. The van der Waals surface area contributed by atoms with E-state index in [1.54, 1.807) is 20.0 Å². The first-order valence-corrected chi connectivity index (χ1v) is 5.73. The van der Waals surface area contributed by atoms with E-state index in [4.69, 9.17) is 9.52 Å². The molecule has 2 amide bonds. The molecule has 0 fully saturated rings. The SMILES string of the molecule is CC(O)CN(C)C(=O)CCNC(=O)c1ccoc1. The average Bonchev–Trinajstić information content (AvgIpc) is 2.81. The van der Waals surface area contributed by atoms with E-state index in [0.717, 1.165) is 0 Å². The summed E-state index contributed by atoms with van der Waals surface area (Å²) in [5.41, 5.74) is 0.430. The van der Waals surface area contributed by atoms with Crippen LogP contribution in [0.15, 0.2) is 23.0 Å². The molecule has 0 aliphatic rings. The lowest BCUT2D eigenvalue weighted by atomic mass is 10.3. The molecular formula is C12H18N2O4. The Bertz CT molecular complexity index is 387. The molecule has 100 valence electrons. The molecule has 1 atom stereocenters. The molecule has 0 saturated heterocycles. The van der Waals surface area contributed by atoms with E-state index in [1.165, 1.54) is 17.4 Å². The van der Waals surface area contributed by atoms with Crippen molar-refractivity contribution in [2.45, 2.75) is 19.4 Å². The minimum absolute atomic E-state index is 0.122. The quantitative estimate of drug-likeness (QED) is 0.761. The Morgan fingerprint density at radius 1 is 1.56 bits per heavy atom. The van der Waals surface area contributed by atoms with Gasteiger partial charge < -0.3 is 19.7 Å². The third-order valence-corrected chi connectivity index (χ3v) is 2.37. The zero-order chi connectivity index (χ0) is 13.5. The summed E-state index contributed by atoms with van der Waals surface area (Å²) in [6.07, 6.45) is 2.40. The average molecular weight is 254 g/mol. The summed E-state index contributed by atoms with van der Waals surface area (Å²) >= 11 is 0. The first-order chi connectivity index (χ1) is 8.50. The van der Waals surface area contributed by atoms with Crippen molar-refractivity contribution in [1.29, 1.82) is 0 Å². The van der Waals surface area contributed by atoms with E-state index in [9.17, 15) is 9.59 Å². The summed E-state index contributed by atoms with van der Waals surface area (Å²) in [6, 6.07) is 1.55. The second-order valence-electron chi connectivity index (χ2n) is 4.14. The van der Waals surface area contributed by atoms with Gasteiger partial charge in [0.05, 0.1) is 17.9 Å². The van der Waals surface area contributed by atoms with Crippen molar-refractivity contribution in [2.24, 2.45) is 0 Å². The number of aliphatic hydroxyl groups excluding tert-OH is 1. The zero-order valence-electron chi connectivity index (χ0n) is 10.5. The number of amides is 2. The molecule has 0 saturated carbocycles. The smallest absolute Gasteiger partial charge is 0.254 e. The monoisotopic (exact) mass is 254 g/mol. The lowest BCUT2D eigenvalue weighted by molar-refractivity contribution is -0.130. The third kappa shape index (κ3) is 4.58. The number of nitrogens with zero attached hydrogens (tertiary/aromatic N) is 1. The number of carbonyl (C=O) groups is 2. The van der Waals surface area contributed by atoms with E-state index in [-0.39, 0.29) is 31.3 Å². The van der Waals surface area contributed by atoms with Gasteiger partial charge in [0, 0.05) is 26.6 Å². The Kier molecular flexibility index (Phi) is 5.38. The molecule has 0 radical (unpaired) electrons. The van der Waals surface area contributed by atoms with Crippen molar-refractivity contribution in [2.75, 3.05) is 20.1 Å². The highest BCUT2D eigenvalue weighted by atomic mass is 16.3. The van der Waals surface area contributed by atoms with Crippen LogP contribution < -0.4 is 5.32 Å². The lowest BCUT2D eigenvalue weighted by Gasteiger charge is -2.18. The fourth-order valence-electron chi connectivity index (χ4n) is 1.47. The number of hydrogen-bond donors (Lipinski definition) is 2. The molecule has 2 N–H and O–H groups in total. The number of likely N-dealkylation sites (N-methyl/N-ethyl adjacent to an activating group) is 1. The minimum Gasteiger partial charge on any atom is -0.472 e. The molecule has 0 bridgehead atoms. The van der Waals surface area contributed by atoms with Crippen LogP contribution in [0.1, 0.15) is 23.7 Å². The molecule has 1 unspecified atom stereocenters. The summed E-state index contributed by atoms with van der Waals surface area (Å²) in [6.45, 7) is 2.16. The first-order valence-electron chi connectivity index (χ1n) is 5.73. The van der Waals surface area contributed by atoms with Crippen LogP contribution in [0, 0.1) is 0 Å². The largest absolute Gasteiger partial charge is 0.472 e. The number of hydrogen-bond acceptors (Lipinski definition) is 4. The highest BCUT2D eigenvalue weighted by Gasteiger charge is 2.12. The van der Waals surface area contributed by atoms with Crippen LogP contribution in [0.2, 0.25) is 0 Å². The fourth-order valence-corrected chi connectivity index (χ4v) is 1.47. The number of carbonyl (C=O) groups excluding carboxylic acids is 2. The molecule has 0 aliphatic carbocycles. The molecule has 1 rings (SSSR count). The van der Waals surface area contributed by atoms with Crippen molar-refractivity contribution in [3.8, 4) is 0 Å². The van der Waals surface area contributed by atoms with Gasteiger partial charge in [-0.25, -0.2) is 0 Å². The van der Waals surface area contributed by atoms with Crippen LogP contribution in [0.5, 0.6) is 0 Å². The maximum Gasteiger partial charge on any atom is 0.254 e. The Labute approximate surface area is 106 Å². The summed E-state index contributed by atoms with van der Waals surface area (Å²) < 4.78 is 4.78. The predicted molar refractivity (Wildman–Crippen MR) is 65.0 cm³/mol. The van der Waals surface area contributed by atoms with Gasteiger partial charge in [0.1, 0.15) is 6.26 Å². The van der Waals surface area contributed by atoms with Crippen LogP contribution in [0.4, 0.5) is 0 Å². The van der Waals surface area contributed by atoms with Gasteiger partial charge in [-0.2, -0.15) is 0 Å². The second-order valence-corrected chi connectivity index (χ2v) is 4.14. The highest BCUT2D eigenvalue weighted by Crippen LogP contribution is 1.99. The van der Waals surface area contributed by atoms with Crippen LogP contribution in [-0.4, -0.2) is 48.1 Å². The second kappa shape index (κ2) is 6.80. The summed E-state index contributed by atoms with van der Waals surface area (Å²) in [7, 11) is 1.62. The van der Waals surface area contributed by atoms with E-state index >= 15 is 0 Å². The van der Waals surface area contributed by atoms with Crippen molar-refractivity contribution >= 4 is 11.8 Å². The maximum atomic E-state index is 11.6. The number of nitrogens with one attached hydrogen (secondary N) is 1. The van der Waals surface area contributed by atoms with Gasteiger partial charge >= 0.3 is 0 Å². The van der Waals surface area contributed by atoms with Gasteiger partial charge in [0.25, 0.3) is 5.91 Å². The Morgan fingerprint density at radius 3 is 2.83 bits per heavy atom.